The number of carbonyl (C=O) groups is 1. The summed E-state index contributed by atoms with van der Waals surface area (Å²) < 4.78 is 25.1. The molecule has 0 amide bonds. The fourth-order valence-electron chi connectivity index (χ4n) is 2.88. The summed E-state index contributed by atoms with van der Waals surface area (Å²) in [5.41, 5.74) is 1.14. The van der Waals surface area contributed by atoms with Crippen molar-refractivity contribution in [2.24, 2.45) is 0 Å². The van der Waals surface area contributed by atoms with E-state index in [1.54, 1.807) is 0 Å². The maximum absolute atomic E-state index is 11.9. The molecule has 1 aromatic rings. The second kappa shape index (κ2) is 6.76. The second-order valence-electron chi connectivity index (χ2n) is 5.85. The molecule has 1 aromatic carbocycles. The van der Waals surface area contributed by atoms with Gasteiger partial charge in [-0.2, -0.15) is 4.31 Å². The number of piperazine rings is 1. The highest BCUT2D eigenvalue weighted by Crippen LogP contribution is 2.22. The number of hydrogen-bond donors (Lipinski definition) is 1. The quantitative estimate of drug-likeness (QED) is 0.873. The van der Waals surface area contributed by atoms with Crippen LogP contribution in [0.2, 0.25) is 0 Å². The lowest BCUT2D eigenvalue weighted by Crippen LogP contribution is -2.58. The predicted molar refractivity (Wildman–Crippen MR) is 83.9 cm³/mol. The van der Waals surface area contributed by atoms with Gasteiger partial charge in [0, 0.05) is 31.7 Å². The van der Waals surface area contributed by atoms with Crippen LogP contribution in [0.1, 0.15) is 18.9 Å². The molecule has 1 fully saturated rings. The van der Waals surface area contributed by atoms with Gasteiger partial charge in [0.1, 0.15) is 0 Å². The Bertz CT molecular complexity index is 618. The molecule has 2 rings (SSSR count). The molecule has 1 aliphatic heterocycles. The summed E-state index contributed by atoms with van der Waals surface area (Å²) in [4.78, 5) is 13.2. The summed E-state index contributed by atoms with van der Waals surface area (Å²) in [6.07, 6.45) is 0.965. The van der Waals surface area contributed by atoms with Crippen LogP contribution in [0, 0.1) is 0 Å². The first-order valence-electron chi connectivity index (χ1n) is 7.24. The standard InChI is InChI=1S/C15H22N2O4S/c1-12-9-17(22(2,20)21)14(8-15(18)19)11-16(12)10-13-6-4-3-5-7-13/h3-7,12,14H,8-11H2,1-2H3,(H,18,19)/t12-,14-/m0/s1. The SMILES string of the molecule is C[C@H]1CN(S(C)(=O)=O)[C@@H](CC(=O)O)CN1Cc1ccccc1. The number of hydrogen-bond acceptors (Lipinski definition) is 4. The highest BCUT2D eigenvalue weighted by Gasteiger charge is 2.37. The van der Waals surface area contributed by atoms with Crippen LogP contribution in [0.5, 0.6) is 0 Å². The Morgan fingerprint density at radius 1 is 1.27 bits per heavy atom. The van der Waals surface area contributed by atoms with E-state index in [4.69, 9.17) is 5.11 Å². The third-order valence-electron chi connectivity index (χ3n) is 3.98. The smallest absolute Gasteiger partial charge is 0.305 e. The highest BCUT2D eigenvalue weighted by atomic mass is 32.2. The van der Waals surface area contributed by atoms with Crippen molar-refractivity contribution in [3.05, 3.63) is 35.9 Å². The van der Waals surface area contributed by atoms with Crippen LogP contribution in [0.3, 0.4) is 0 Å². The molecule has 6 nitrogen and oxygen atoms in total. The summed E-state index contributed by atoms with van der Waals surface area (Å²) in [5.74, 6) is -0.979. The number of nitrogens with zero attached hydrogens (tertiary/aromatic N) is 2. The zero-order valence-electron chi connectivity index (χ0n) is 12.8. The zero-order valence-corrected chi connectivity index (χ0v) is 13.7. The van der Waals surface area contributed by atoms with Crippen molar-refractivity contribution >= 4 is 16.0 Å². The highest BCUT2D eigenvalue weighted by molar-refractivity contribution is 7.88. The van der Waals surface area contributed by atoms with E-state index in [9.17, 15) is 13.2 Å². The van der Waals surface area contributed by atoms with Crippen LogP contribution in [0.15, 0.2) is 30.3 Å². The Kier molecular flexibility index (Phi) is 5.20. The van der Waals surface area contributed by atoms with E-state index in [2.05, 4.69) is 4.90 Å². The van der Waals surface area contributed by atoms with Gasteiger partial charge in [-0.25, -0.2) is 8.42 Å². The van der Waals surface area contributed by atoms with Crippen molar-refractivity contribution in [3.63, 3.8) is 0 Å². The maximum atomic E-state index is 11.9. The van der Waals surface area contributed by atoms with Gasteiger partial charge >= 0.3 is 5.97 Å². The van der Waals surface area contributed by atoms with Gasteiger partial charge in [0.25, 0.3) is 0 Å². The first kappa shape index (κ1) is 16.9. The molecule has 1 saturated heterocycles. The first-order valence-corrected chi connectivity index (χ1v) is 9.09. The molecule has 0 saturated carbocycles. The lowest BCUT2D eigenvalue weighted by atomic mass is 10.1. The molecule has 0 unspecified atom stereocenters. The van der Waals surface area contributed by atoms with Crippen molar-refractivity contribution < 1.29 is 18.3 Å². The zero-order chi connectivity index (χ0) is 16.3. The normalized spacial score (nSPS) is 24.3. The van der Waals surface area contributed by atoms with Crippen molar-refractivity contribution in [2.45, 2.75) is 32.0 Å². The van der Waals surface area contributed by atoms with E-state index in [-0.39, 0.29) is 12.5 Å². The third-order valence-corrected chi connectivity index (χ3v) is 5.28. The Hall–Kier alpha value is -1.44. The molecule has 0 aliphatic carbocycles. The topological polar surface area (TPSA) is 77.9 Å². The Morgan fingerprint density at radius 2 is 1.91 bits per heavy atom. The fourth-order valence-corrected chi connectivity index (χ4v) is 4.05. The molecule has 1 N–H and O–H groups in total. The third kappa shape index (κ3) is 4.28. The number of carboxylic acids is 1. The van der Waals surface area contributed by atoms with E-state index in [1.165, 1.54) is 4.31 Å². The molecule has 1 aliphatic rings. The van der Waals surface area contributed by atoms with Crippen LogP contribution in [-0.2, 0) is 21.4 Å². The van der Waals surface area contributed by atoms with Crippen LogP contribution in [0.4, 0.5) is 0 Å². The van der Waals surface area contributed by atoms with E-state index in [1.807, 2.05) is 37.3 Å². The summed E-state index contributed by atoms with van der Waals surface area (Å²) >= 11 is 0. The number of rotatable bonds is 5. The lowest BCUT2D eigenvalue weighted by molar-refractivity contribution is -0.138. The molecule has 0 bridgehead atoms. The van der Waals surface area contributed by atoms with Gasteiger partial charge in [-0.3, -0.25) is 9.69 Å². The molecule has 1 heterocycles. The van der Waals surface area contributed by atoms with Gasteiger partial charge < -0.3 is 5.11 Å². The van der Waals surface area contributed by atoms with Gasteiger partial charge in [-0.1, -0.05) is 30.3 Å². The maximum Gasteiger partial charge on any atom is 0.305 e. The van der Waals surface area contributed by atoms with E-state index in [0.717, 1.165) is 11.8 Å². The van der Waals surface area contributed by atoms with Gasteiger partial charge in [0.05, 0.1) is 12.7 Å². The van der Waals surface area contributed by atoms with E-state index in [0.29, 0.717) is 19.6 Å². The Morgan fingerprint density at radius 3 is 2.45 bits per heavy atom. The average molecular weight is 326 g/mol. The monoisotopic (exact) mass is 326 g/mol. The minimum absolute atomic E-state index is 0.0416. The summed E-state index contributed by atoms with van der Waals surface area (Å²) in [5, 5.41) is 9.05. The van der Waals surface area contributed by atoms with Crippen molar-refractivity contribution in [3.8, 4) is 0 Å². The second-order valence-corrected chi connectivity index (χ2v) is 7.78. The number of carboxylic acid groups (broad SMARTS) is 1. The van der Waals surface area contributed by atoms with Crippen LogP contribution in [-0.4, -0.2) is 60.1 Å². The molecule has 7 heteroatoms. The van der Waals surface area contributed by atoms with Gasteiger partial charge in [-0.05, 0) is 12.5 Å². The van der Waals surface area contributed by atoms with Gasteiger partial charge in [0.15, 0.2) is 0 Å². The predicted octanol–water partition coefficient (Wildman–Crippen LogP) is 0.996. The van der Waals surface area contributed by atoms with Crippen LogP contribution < -0.4 is 0 Å². The molecule has 122 valence electrons. The van der Waals surface area contributed by atoms with Gasteiger partial charge in [0.2, 0.25) is 10.0 Å². The lowest BCUT2D eigenvalue weighted by Gasteiger charge is -2.43. The van der Waals surface area contributed by atoms with Crippen molar-refractivity contribution in [1.29, 1.82) is 0 Å². The largest absolute Gasteiger partial charge is 0.481 e. The molecular formula is C15H22N2O4S. The van der Waals surface area contributed by atoms with Gasteiger partial charge in [-0.15, -0.1) is 0 Å². The summed E-state index contributed by atoms with van der Waals surface area (Å²) in [6.45, 7) is 3.41. The summed E-state index contributed by atoms with van der Waals surface area (Å²) in [6, 6.07) is 9.42. The number of benzene rings is 1. The van der Waals surface area contributed by atoms with E-state index < -0.39 is 22.0 Å². The summed E-state index contributed by atoms with van der Waals surface area (Å²) in [7, 11) is -3.41. The minimum atomic E-state index is -3.41. The molecule has 0 aromatic heterocycles. The number of sulfonamides is 1. The molecule has 22 heavy (non-hydrogen) atoms. The van der Waals surface area contributed by atoms with Crippen molar-refractivity contribution in [1.82, 2.24) is 9.21 Å². The fraction of sp³-hybridized carbons (Fsp3) is 0.533. The minimum Gasteiger partial charge on any atom is -0.481 e. The molecule has 0 radical (unpaired) electrons. The molecule has 0 spiro atoms. The Labute approximate surface area is 131 Å². The van der Waals surface area contributed by atoms with Crippen LogP contribution >= 0.6 is 0 Å². The first-order chi connectivity index (χ1) is 10.3. The number of aliphatic carboxylic acids is 1. The van der Waals surface area contributed by atoms with Crippen LogP contribution in [0.25, 0.3) is 0 Å². The van der Waals surface area contributed by atoms with E-state index >= 15 is 0 Å². The average Bonchev–Trinajstić information content (AvgIpc) is 2.41. The Balaban J connectivity index is 2.16. The molecular weight excluding hydrogens is 304 g/mol. The molecule has 2 atom stereocenters. The van der Waals surface area contributed by atoms with Crippen molar-refractivity contribution in [2.75, 3.05) is 19.3 Å².